The van der Waals surface area contributed by atoms with Crippen LogP contribution in [0, 0.1) is 18.7 Å². The highest BCUT2D eigenvalue weighted by atomic mass is 19.1. The molecular weight excluding hydrogens is 325 g/mol. The molecule has 0 saturated carbocycles. The van der Waals surface area contributed by atoms with E-state index in [9.17, 15) is 4.39 Å². The fourth-order valence-electron chi connectivity index (χ4n) is 3.78. The average Bonchev–Trinajstić information content (AvgIpc) is 2.95. The van der Waals surface area contributed by atoms with Gasteiger partial charge in [-0.25, -0.2) is 9.37 Å². The van der Waals surface area contributed by atoms with E-state index in [4.69, 9.17) is 4.98 Å². The van der Waals surface area contributed by atoms with Crippen LogP contribution in [0.1, 0.15) is 36.7 Å². The Morgan fingerprint density at radius 3 is 2.50 bits per heavy atom. The number of hydrogen-bond donors (Lipinski definition) is 0. The van der Waals surface area contributed by atoms with Crippen LogP contribution in [0.2, 0.25) is 0 Å². The third-order valence-corrected chi connectivity index (χ3v) is 5.48. The van der Waals surface area contributed by atoms with Crippen molar-refractivity contribution in [2.45, 2.75) is 39.8 Å². The summed E-state index contributed by atoms with van der Waals surface area (Å²) in [7, 11) is 0. The van der Waals surface area contributed by atoms with Gasteiger partial charge in [0.05, 0.1) is 17.6 Å². The van der Waals surface area contributed by atoms with Crippen molar-refractivity contribution >= 4 is 11.0 Å². The molecule has 0 radical (unpaired) electrons. The summed E-state index contributed by atoms with van der Waals surface area (Å²) in [5.74, 6) is 1.74. The van der Waals surface area contributed by atoms with Crippen LogP contribution >= 0.6 is 0 Å². The maximum atomic E-state index is 13.3. The number of rotatable bonds is 4. The number of aromatic nitrogens is 2. The van der Waals surface area contributed by atoms with Gasteiger partial charge in [-0.3, -0.25) is 4.90 Å². The average molecular weight is 351 g/mol. The topological polar surface area (TPSA) is 21.1 Å². The van der Waals surface area contributed by atoms with Gasteiger partial charge in [-0.05, 0) is 74.2 Å². The van der Waals surface area contributed by atoms with Crippen molar-refractivity contribution in [3.8, 4) is 0 Å². The number of imidazole rings is 1. The Kier molecular flexibility index (Phi) is 4.77. The second kappa shape index (κ2) is 7.20. The van der Waals surface area contributed by atoms with Gasteiger partial charge in [0.2, 0.25) is 0 Å². The van der Waals surface area contributed by atoms with Crippen molar-refractivity contribution in [1.82, 2.24) is 14.5 Å². The molecule has 2 heterocycles. The largest absolute Gasteiger partial charge is 0.322 e. The van der Waals surface area contributed by atoms with Crippen LogP contribution in [0.15, 0.2) is 42.5 Å². The van der Waals surface area contributed by atoms with Gasteiger partial charge in [-0.2, -0.15) is 0 Å². The number of likely N-dealkylation sites (tertiary alicyclic amines) is 1. The lowest BCUT2D eigenvalue weighted by Crippen LogP contribution is -2.33. The lowest BCUT2D eigenvalue weighted by molar-refractivity contribution is 0.180. The standard InChI is InChI=1S/C22H26FN3/c1-16-9-11-25(12-10-16)15-22-24-20-13-17(2)3-8-21(20)26(22)14-18-4-6-19(23)7-5-18/h3-8,13,16H,9-12,14-15H2,1-2H3. The van der Waals surface area contributed by atoms with Gasteiger partial charge in [0.15, 0.2) is 0 Å². The first-order chi connectivity index (χ1) is 12.6. The molecule has 26 heavy (non-hydrogen) atoms. The Hall–Kier alpha value is -2.20. The van der Waals surface area contributed by atoms with E-state index < -0.39 is 0 Å². The van der Waals surface area contributed by atoms with Gasteiger partial charge in [0, 0.05) is 6.54 Å². The maximum Gasteiger partial charge on any atom is 0.124 e. The highest BCUT2D eigenvalue weighted by Crippen LogP contribution is 2.23. The molecule has 4 heteroatoms. The van der Waals surface area contributed by atoms with Crippen molar-refractivity contribution in [1.29, 1.82) is 0 Å². The number of hydrogen-bond acceptors (Lipinski definition) is 2. The molecule has 0 amide bonds. The molecule has 0 unspecified atom stereocenters. The lowest BCUT2D eigenvalue weighted by Gasteiger charge is -2.30. The maximum absolute atomic E-state index is 13.3. The van der Waals surface area contributed by atoms with E-state index >= 15 is 0 Å². The fraction of sp³-hybridized carbons (Fsp3) is 0.409. The minimum absolute atomic E-state index is 0.192. The third kappa shape index (κ3) is 3.65. The molecule has 0 N–H and O–H groups in total. The summed E-state index contributed by atoms with van der Waals surface area (Å²) in [5, 5.41) is 0. The van der Waals surface area contributed by atoms with Gasteiger partial charge < -0.3 is 4.57 Å². The van der Waals surface area contributed by atoms with Crippen molar-refractivity contribution in [2.24, 2.45) is 5.92 Å². The Morgan fingerprint density at radius 1 is 1.04 bits per heavy atom. The minimum atomic E-state index is -0.192. The molecule has 1 saturated heterocycles. The highest BCUT2D eigenvalue weighted by molar-refractivity contribution is 5.77. The first-order valence-corrected chi connectivity index (χ1v) is 9.51. The van der Waals surface area contributed by atoms with Crippen molar-refractivity contribution in [2.75, 3.05) is 13.1 Å². The van der Waals surface area contributed by atoms with Gasteiger partial charge in [-0.15, -0.1) is 0 Å². The van der Waals surface area contributed by atoms with E-state index in [1.54, 1.807) is 0 Å². The van der Waals surface area contributed by atoms with Crippen LogP contribution in [-0.4, -0.2) is 27.5 Å². The number of aryl methyl sites for hydroxylation is 1. The van der Waals surface area contributed by atoms with E-state index in [0.717, 1.165) is 54.5 Å². The van der Waals surface area contributed by atoms with Crippen LogP contribution in [0.4, 0.5) is 4.39 Å². The van der Waals surface area contributed by atoms with Crippen molar-refractivity contribution in [3.63, 3.8) is 0 Å². The number of nitrogens with zero attached hydrogens (tertiary/aromatic N) is 3. The van der Waals surface area contributed by atoms with E-state index in [2.05, 4.69) is 41.5 Å². The molecule has 3 nitrogen and oxygen atoms in total. The van der Waals surface area contributed by atoms with Crippen molar-refractivity contribution in [3.05, 3.63) is 65.2 Å². The fourth-order valence-corrected chi connectivity index (χ4v) is 3.78. The molecule has 4 rings (SSSR count). The molecule has 3 aromatic rings. The van der Waals surface area contributed by atoms with Crippen LogP contribution in [0.25, 0.3) is 11.0 Å². The Morgan fingerprint density at radius 2 is 1.77 bits per heavy atom. The lowest BCUT2D eigenvalue weighted by atomic mass is 9.99. The first kappa shape index (κ1) is 17.2. The molecule has 1 fully saturated rings. The summed E-state index contributed by atoms with van der Waals surface area (Å²) in [6.45, 7) is 8.31. The summed E-state index contributed by atoms with van der Waals surface area (Å²) in [4.78, 5) is 7.46. The molecule has 1 aromatic heterocycles. The van der Waals surface area contributed by atoms with E-state index in [0.29, 0.717) is 0 Å². The predicted octanol–water partition coefficient (Wildman–Crippen LogP) is 4.76. The van der Waals surface area contributed by atoms with Gasteiger partial charge >= 0.3 is 0 Å². The zero-order chi connectivity index (χ0) is 18.1. The zero-order valence-electron chi connectivity index (χ0n) is 15.6. The molecule has 1 aliphatic rings. The molecule has 0 bridgehead atoms. The molecule has 0 atom stereocenters. The van der Waals surface area contributed by atoms with Crippen LogP contribution in [-0.2, 0) is 13.1 Å². The van der Waals surface area contributed by atoms with Gasteiger partial charge in [0.25, 0.3) is 0 Å². The monoisotopic (exact) mass is 351 g/mol. The summed E-state index contributed by atoms with van der Waals surface area (Å²) >= 11 is 0. The second-order valence-electron chi connectivity index (χ2n) is 7.69. The minimum Gasteiger partial charge on any atom is -0.322 e. The smallest absolute Gasteiger partial charge is 0.124 e. The number of halogens is 1. The van der Waals surface area contributed by atoms with Crippen LogP contribution in [0.5, 0.6) is 0 Å². The van der Waals surface area contributed by atoms with Gasteiger partial charge in [0.1, 0.15) is 11.6 Å². The molecule has 1 aliphatic heterocycles. The first-order valence-electron chi connectivity index (χ1n) is 9.51. The summed E-state index contributed by atoms with van der Waals surface area (Å²) < 4.78 is 15.5. The molecule has 136 valence electrons. The molecule has 2 aromatic carbocycles. The third-order valence-electron chi connectivity index (χ3n) is 5.48. The van der Waals surface area contributed by atoms with E-state index in [1.165, 1.54) is 30.5 Å². The van der Waals surface area contributed by atoms with Crippen LogP contribution in [0.3, 0.4) is 0 Å². The van der Waals surface area contributed by atoms with E-state index in [1.807, 2.05) is 12.1 Å². The van der Waals surface area contributed by atoms with Crippen LogP contribution < -0.4 is 0 Å². The quantitative estimate of drug-likeness (QED) is 0.675. The Labute approximate surface area is 154 Å². The summed E-state index contributed by atoms with van der Waals surface area (Å²) in [5.41, 5.74) is 4.52. The Bertz CT molecular complexity index is 890. The van der Waals surface area contributed by atoms with Gasteiger partial charge in [-0.1, -0.05) is 25.1 Å². The summed E-state index contributed by atoms with van der Waals surface area (Å²) in [6.07, 6.45) is 2.52. The zero-order valence-corrected chi connectivity index (χ0v) is 15.6. The SMILES string of the molecule is Cc1ccc2c(c1)nc(CN1CCC(C)CC1)n2Cc1ccc(F)cc1. The Balaban J connectivity index is 1.67. The number of benzene rings is 2. The highest BCUT2D eigenvalue weighted by Gasteiger charge is 2.19. The number of fused-ring (bicyclic) bond motifs is 1. The second-order valence-corrected chi connectivity index (χ2v) is 7.69. The molecule has 0 spiro atoms. The number of piperidine rings is 1. The summed E-state index contributed by atoms with van der Waals surface area (Å²) in [6, 6.07) is 13.2. The normalized spacial score (nSPS) is 16.4. The van der Waals surface area contributed by atoms with E-state index in [-0.39, 0.29) is 5.82 Å². The molecular formula is C22H26FN3. The predicted molar refractivity (Wildman–Crippen MR) is 104 cm³/mol. The van der Waals surface area contributed by atoms with Crippen molar-refractivity contribution < 1.29 is 4.39 Å². The molecule has 0 aliphatic carbocycles.